The highest BCUT2D eigenvalue weighted by Crippen LogP contribution is 2.40. The SMILES string of the molecule is O=C1CCC(CC(=O)c2ccc(-c3sc4ccccc4c3Cc3ccc(OCCN4CCCC4)cc3)cc2)N1. The van der Waals surface area contributed by atoms with E-state index in [2.05, 4.69) is 70.9 Å². The summed E-state index contributed by atoms with van der Waals surface area (Å²) in [7, 11) is 0. The van der Waals surface area contributed by atoms with E-state index in [0.29, 0.717) is 18.4 Å². The highest BCUT2D eigenvalue weighted by molar-refractivity contribution is 7.22. The molecule has 2 aliphatic rings. The van der Waals surface area contributed by atoms with E-state index in [1.165, 1.54) is 52.0 Å². The van der Waals surface area contributed by atoms with Gasteiger partial charge in [0.25, 0.3) is 0 Å². The third-order valence-corrected chi connectivity index (χ3v) is 9.13. The Labute approximate surface area is 233 Å². The smallest absolute Gasteiger partial charge is 0.220 e. The Morgan fingerprint density at radius 3 is 2.49 bits per heavy atom. The van der Waals surface area contributed by atoms with Crippen molar-refractivity contribution in [1.82, 2.24) is 10.2 Å². The number of carbonyl (C=O) groups is 2. The molecule has 1 unspecified atom stereocenters. The van der Waals surface area contributed by atoms with E-state index >= 15 is 0 Å². The van der Waals surface area contributed by atoms with Gasteiger partial charge in [-0.3, -0.25) is 14.5 Å². The van der Waals surface area contributed by atoms with Crippen LogP contribution in [0, 0.1) is 0 Å². The number of nitrogens with one attached hydrogen (secondary N) is 1. The normalized spacial score (nSPS) is 17.5. The second kappa shape index (κ2) is 11.7. The molecule has 6 rings (SSSR count). The fourth-order valence-electron chi connectivity index (χ4n) is 5.69. The fourth-order valence-corrected chi connectivity index (χ4v) is 6.92. The van der Waals surface area contributed by atoms with E-state index in [4.69, 9.17) is 4.74 Å². The maximum Gasteiger partial charge on any atom is 0.220 e. The molecule has 0 bridgehead atoms. The number of benzene rings is 3. The van der Waals surface area contributed by atoms with Crippen molar-refractivity contribution < 1.29 is 14.3 Å². The first kappa shape index (κ1) is 25.8. The minimum Gasteiger partial charge on any atom is -0.492 e. The van der Waals surface area contributed by atoms with Gasteiger partial charge in [-0.25, -0.2) is 0 Å². The second-order valence-electron chi connectivity index (χ2n) is 10.6. The summed E-state index contributed by atoms with van der Waals surface area (Å²) in [4.78, 5) is 28.0. The van der Waals surface area contributed by atoms with Gasteiger partial charge in [-0.1, -0.05) is 54.6 Å². The molecule has 2 fully saturated rings. The number of hydrogen-bond acceptors (Lipinski definition) is 5. The average Bonchev–Trinajstić information content (AvgIpc) is 3.71. The molecule has 0 aliphatic carbocycles. The summed E-state index contributed by atoms with van der Waals surface area (Å²) in [5, 5.41) is 4.17. The first-order valence-corrected chi connectivity index (χ1v) is 14.8. The van der Waals surface area contributed by atoms with Crippen molar-refractivity contribution in [3.63, 3.8) is 0 Å². The minimum atomic E-state index is -0.0410. The van der Waals surface area contributed by atoms with Gasteiger partial charge in [0.1, 0.15) is 12.4 Å². The van der Waals surface area contributed by atoms with Crippen molar-refractivity contribution >= 4 is 33.1 Å². The molecule has 4 aromatic rings. The summed E-state index contributed by atoms with van der Waals surface area (Å²) in [6.07, 6.45) is 5.04. The van der Waals surface area contributed by atoms with Crippen LogP contribution >= 0.6 is 11.3 Å². The van der Waals surface area contributed by atoms with Gasteiger partial charge in [0.2, 0.25) is 5.91 Å². The standard InChI is InChI=1S/C33H34N2O3S/c36-30(22-26-13-16-32(37)34-26)24-9-11-25(12-10-24)33-29(28-5-1-2-6-31(28)39-33)21-23-7-14-27(15-8-23)38-20-19-35-17-3-4-18-35/h1-2,5-12,14-15,26H,3-4,13,16-22H2,(H,34,37). The topological polar surface area (TPSA) is 58.6 Å². The van der Waals surface area contributed by atoms with Crippen molar-refractivity contribution in [1.29, 1.82) is 0 Å². The Kier molecular flexibility index (Phi) is 7.75. The molecule has 2 saturated heterocycles. The van der Waals surface area contributed by atoms with Crippen LogP contribution in [0.25, 0.3) is 20.5 Å². The molecular formula is C33H34N2O3S. The van der Waals surface area contributed by atoms with E-state index in [0.717, 1.165) is 37.3 Å². The molecule has 3 aromatic carbocycles. The Hall–Kier alpha value is -3.48. The highest BCUT2D eigenvalue weighted by atomic mass is 32.1. The molecule has 200 valence electrons. The van der Waals surface area contributed by atoms with Gasteiger partial charge in [-0.05, 0) is 79.0 Å². The number of thiophene rings is 1. The molecule has 1 N–H and O–H groups in total. The van der Waals surface area contributed by atoms with Gasteiger partial charge in [0, 0.05) is 40.6 Å². The molecule has 3 heterocycles. The molecule has 1 amide bonds. The number of ketones is 1. The summed E-state index contributed by atoms with van der Waals surface area (Å²) in [5.41, 5.74) is 4.38. The maximum absolute atomic E-state index is 12.8. The number of hydrogen-bond donors (Lipinski definition) is 1. The lowest BCUT2D eigenvalue weighted by Crippen LogP contribution is -2.27. The molecule has 0 spiro atoms. The summed E-state index contributed by atoms with van der Waals surface area (Å²) < 4.78 is 7.28. The van der Waals surface area contributed by atoms with Gasteiger partial charge in [-0.2, -0.15) is 0 Å². The molecule has 1 atom stereocenters. The lowest BCUT2D eigenvalue weighted by Gasteiger charge is -2.15. The van der Waals surface area contributed by atoms with E-state index in [-0.39, 0.29) is 17.7 Å². The molecule has 1 aromatic heterocycles. The summed E-state index contributed by atoms with van der Waals surface area (Å²) in [5.74, 6) is 1.04. The first-order valence-electron chi connectivity index (χ1n) is 14.0. The number of carbonyl (C=O) groups excluding carboxylic acids is 2. The summed E-state index contributed by atoms with van der Waals surface area (Å²) in [6, 6.07) is 25.0. The lowest BCUT2D eigenvalue weighted by atomic mass is 9.97. The summed E-state index contributed by atoms with van der Waals surface area (Å²) in [6.45, 7) is 4.11. The number of rotatable bonds is 10. The average molecular weight is 539 g/mol. The van der Waals surface area contributed by atoms with Crippen molar-refractivity contribution in [3.05, 3.63) is 89.5 Å². The van der Waals surface area contributed by atoms with Crippen LogP contribution in [0.4, 0.5) is 0 Å². The summed E-state index contributed by atoms with van der Waals surface area (Å²) >= 11 is 1.80. The van der Waals surface area contributed by atoms with Gasteiger partial charge >= 0.3 is 0 Å². The van der Waals surface area contributed by atoms with E-state index in [1.807, 2.05) is 12.1 Å². The molecule has 0 radical (unpaired) electrons. The van der Waals surface area contributed by atoms with Gasteiger partial charge < -0.3 is 10.1 Å². The zero-order valence-corrected chi connectivity index (χ0v) is 23.0. The largest absolute Gasteiger partial charge is 0.492 e. The van der Waals surface area contributed by atoms with Crippen LogP contribution in [0.5, 0.6) is 5.75 Å². The predicted molar refractivity (Wildman–Crippen MR) is 158 cm³/mol. The third kappa shape index (κ3) is 6.07. The second-order valence-corrected chi connectivity index (χ2v) is 11.7. The highest BCUT2D eigenvalue weighted by Gasteiger charge is 2.24. The number of nitrogens with zero attached hydrogens (tertiary/aromatic N) is 1. The predicted octanol–water partition coefficient (Wildman–Crippen LogP) is 6.49. The van der Waals surface area contributed by atoms with Crippen LogP contribution < -0.4 is 10.1 Å². The van der Waals surface area contributed by atoms with E-state index in [9.17, 15) is 9.59 Å². The van der Waals surface area contributed by atoms with Crippen molar-refractivity contribution in [2.24, 2.45) is 0 Å². The van der Waals surface area contributed by atoms with Crippen LogP contribution in [0.15, 0.2) is 72.8 Å². The quantitative estimate of drug-likeness (QED) is 0.235. The first-order chi connectivity index (χ1) is 19.1. The van der Waals surface area contributed by atoms with Crippen LogP contribution in [0.2, 0.25) is 0 Å². The number of amides is 1. The zero-order valence-electron chi connectivity index (χ0n) is 22.2. The molecule has 6 heteroatoms. The van der Waals surface area contributed by atoms with E-state index < -0.39 is 0 Å². The van der Waals surface area contributed by atoms with Crippen molar-refractivity contribution in [2.45, 2.75) is 44.6 Å². The minimum absolute atomic E-state index is 0.0410. The number of fused-ring (bicyclic) bond motifs is 1. The third-order valence-electron chi connectivity index (χ3n) is 7.86. The number of Topliss-reactive ketones (excluding diaryl/α,β-unsaturated/α-hetero) is 1. The van der Waals surface area contributed by atoms with Crippen LogP contribution in [0.1, 0.15) is 53.6 Å². The van der Waals surface area contributed by atoms with Crippen LogP contribution in [-0.4, -0.2) is 48.9 Å². The van der Waals surface area contributed by atoms with Crippen LogP contribution in [0.3, 0.4) is 0 Å². The van der Waals surface area contributed by atoms with Crippen LogP contribution in [-0.2, 0) is 11.2 Å². The molecule has 0 saturated carbocycles. The van der Waals surface area contributed by atoms with Gasteiger partial charge in [0.15, 0.2) is 5.78 Å². The fraction of sp³-hybridized carbons (Fsp3) is 0.333. The number of ether oxygens (including phenoxy) is 1. The van der Waals surface area contributed by atoms with Gasteiger partial charge in [0.05, 0.1) is 0 Å². The Balaban J connectivity index is 1.17. The Morgan fingerprint density at radius 2 is 1.74 bits per heavy atom. The Morgan fingerprint density at radius 1 is 0.974 bits per heavy atom. The number of likely N-dealkylation sites (tertiary alicyclic amines) is 1. The van der Waals surface area contributed by atoms with Crippen molar-refractivity contribution in [2.75, 3.05) is 26.2 Å². The van der Waals surface area contributed by atoms with Gasteiger partial charge in [-0.15, -0.1) is 11.3 Å². The zero-order chi connectivity index (χ0) is 26.6. The lowest BCUT2D eigenvalue weighted by molar-refractivity contribution is -0.119. The Bertz CT molecular complexity index is 1450. The molecule has 5 nitrogen and oxygen atoms in total. The van der Waals surface area contributed by atoms with Crippen molar-refractivity contribution in [3.8, 4) is 16.2 Å². The molecule has 39 heavy (non-hydrogen) atoms. The maximum atomic E-state index is 12.8. The van der Waals surface area contributed by atoms with E-state index in [1.54, 1.807) is 11.3 Å². The molecular weight excluding hydrogens is 504 g/mol. The monoisotopic (exact) mass is 538 g/mol. The molecule has 2 aliphatic heterocycles.